The van der Waals surface area contributed by atoms with E-state index in [4.69, 9.17) is 32.3 Å². The summed E-state index contributed by atoms with van der Waals surface area (Å²) in [5.41, 5.74) is 6.11. The van der Waals surface area contributed by atoms with Crippen LogP contribution in [0.3, 0.4) is 0 Å². The van der Waals surface area contributed by atoms with Crippen LogP contribution in [0.5, 0.6) is 0 Å². The molecule has 146 valence electrons. The van der Waals surface area contributed by atoms with Gasteiger partial charge in [-0.1, -0.05) is 0 Å². The van der Waals surface area contributed by atoms with E-state index in [1.54, 1.807) is 0 Å². The van der Waals surface area contributed by atoms with Crippen LogP contribution in [0.25, 0.3) is 0 Å². The highest BCUT2D eigenvalue weighted by Crippen LogP contribution is 2.24. The lowest BCUT2D eigenvalue weighted by atomic mass is 10.5. The molecule has 7 nitrogen and oxygen atoms in total. The van der Waals surface area contributed by atoms with E-state index in [2.05, 4.69) is 0 Å². The summed E-state index contributed by atoms with van der Waals surface area (Å²) in [6.07, 6.45) is 0.610. The Bertz CT molecular complexity index is 278. The number of hydrogen-bond donors (Lipinski definition) is 1. The van der Waals surface area contributed by atoms with Crippen molar-refractivity contribution in [2.24, 2.45) is 5.73 Å². The predicted molar refractivity (Wildman–Crippen MR) is 98.7 cm³/mol. The second-order valence-electron chi connectivity index (χ2n) is 5.03. The average molecular weight is 384 g/mol. The van der Waals surface area contributed by atoms with Gasteiger partial charge in [-0.3, -0.25) is 0 Å². The molecule has 1 atom stereocenters. The predicted octanol–water partition coefficient (Wildman–Crippen LogP) is 2.34. The number of hydrogen-bond acceptors (Lipinski definition) is 7. The molecule has 0 aromatic rings. The van der Waals surface area contributed by atoms with Crippen LogP contribution in [0.15, 0.2) is 0 Å². The van der Waals surface area contributed by atoms with Crippen LogP contribution in [0, 0.1) is 0 Å². The zero-order chi connectivity index (χ0) is 18.5. The molecule has 0 aromatic carbocycles. The van der Waals surface area contributed by atoms with Crippen molar-refractivity contribution < 1.29 is 26.6 Å². The van der Waals surface area contributed by atoms with Crippen molar-refractivity contribution in [3.63, 3.8) is 0 Å². The van der Waals surface area contributed by atoms with E-state index in [-0.39, 0.29) is 5.67 Å². The maximum atomic E-state index is 6.45. The summed E-state index contributed by atoms with van der Waals surface area (Å²) in [7, 11) is -5.66. The topological polar surface area (TPSA) is 81.4 Å². The Labute approximate surface area is 149 Å². The smallest absolute Gasteiger partial charge is 0.374 e. The normalized spacial score (nSPS) is 14.1. The Morgan fingerprint density at radius 1 is 0.625 bits per heavy atom. The first-order valence-electron chi connectivity index (χ1n) is 9.08. The fraction of sp³-hybridized carbons (Fsp3) is 1.00. The minimum Gasteiger partial charge on any atom is -0.374 e. The largest absolute Gasteiger partial charge is 0.518 e. The maximum absolute atomic E-state index is 6.45. The van der Waals surface area contributed by atoms with Crippen molar-refractivity contribution in [1.82, 2.24) is 0 Å². The third kappa shape index (κ3) is 7.58. The minimum absolute atomic E-state index is 0.342. The summed E-state index contributed by atoms with van der Waals surface area (Å²) in [6, 6.07) is 0.617. The van der Waals surface area contributed by atoms with Gasteiger partial charge in [0.25, 0.3) is 0 Å². The first-order chi connectivity index (χ1) is 11.5. The molecular formula is C15H37NO6Si2. The van der Waals surface area contributed by atoms with Gasteiger partial charge < -0.3 is 32.3 Å². The molecule has 0 heterocycles. The van der Waals surface area contributed by atoms with Gasteiger partial charge in [-0.15, -0.1) is 0 Å². The Kier molecular flexibility index (Phi) is 13.5. The molecule has 0 fully saturated rings. The molecule has 0 radical (unpaired) electrons. The van der Waals surface area contributed by atoms with Gasteiger partial charge in [-0.2, -0.15) is 0 Å². The van der Waals surface area contributed by atoms with Crippen molar-refractivity contribution in [3.05, 3.63) is 0 Å². The van der Waals surface area contributed by atoms with Crippen LogP contribution < -0.4 is 5.73 Å². The van der Waals surface area contributed by atoms with Gasteiger partial charge in [0, 0.05) is 45.7 Å². The van der Waals surface area contributed by atoms with Crippen molar-refractivity contribution in [2.75, 3.05) is 39.6 Å². The Hall–Kier alpha value is 0.154. The molecule has 0 saturated carbocycles. The second kappa shape index (κ2) is 13.4. The lowest BCUT2D eigenvalue weighted by Crippen LogP contribution is -2.61. The zero-order valence-corrected chi connectivity index (χ0v) is 18.3. The van der Waals surface area contributed by atoms with Crippen molar-refractivity contribution in [1.29, 1.82) is 0 Å². The molecule has 0 bridgehead atoms. The maximum Gasteiger partial charge on any atom is 0.518 e. The van der Waals surface area contributed by atoms with Crippen LogP contribution in [0.2, 0.25) is 6.04 Å². The first kappa shape index (κ1) is 24.2. The highest BCUT2D eigenvalue weighted by molar-refractivity contribution is 6.63. The standard InChI is InChI=1S/C15H37NO6Si2/c1-7-17-23(18-8-2,19-9-3)14-13-15(16)24(20-10-4,21-11-5)22-12-6/h15H,7-14,16H2,1-6H3. The summed E-state index contributed by atoms with van der Waals surface area (Å²) >= 11 is 0. The first-order valence-corrected chi connectivity index (χ1v) is 12.8. The third-order valence-corrected chi connectivity index (χ3v) is 9.70. The van der Waals surface area contributed by atoms with E-state index in [9.17, 15) is 0 Å². The van der Waals surface area contributed by atoms with Crippen LogP contribution in [-0.4, -0.2) is 62.9 Å². The van der Waals surface area contributed by atoms with E-state index in [0.29, 0.717) is 52.1 Å². The van der Waals surface area contributed by atoms with Crippen LogP contribution >= 0.6 is 0 Å². The quantitative estimate of drug-likeness (QED) is 0.410. The molecule has 0 rings (SSSR count). The molecule has 0 amide bonds. The van der Waals surface area contributed by atoms with E-state index in [1.165, 1.54) is 0 Å². The van der Waals surface area contributed by atoms with Crippen molar-refractivity contribution in [2.45, 2.75) is 59.7 Å². The summed E-state index contributed by atoms with van der Waals surface area (Å²) in [5, 5.41) is 0. The van der Waals surface area contributed by atoms with Crippen LogP contribution in [0.4, 0.5) is 0 Å². The Balaban J connectivity index is 5.12. The summed E-state index contributed by atoms with van der Waals surface area (Å²) in [6.45, 7) is 14.8. The van der Waals surface area contributed by atoms with E-state index in [0.717, 1.165) is 0 Å². The number of nitrogens with two attached hydrogens (primary N) is 1. The molecule has 0 spiro atoms. The van der Waals surface area contributed by atoms with Gasteiger partial charge in [0.15, 0.2) is 0 Å². The molecule has 0 saturated heterocycles. The van der Waals surface area contributed by atoms with Gasteiger partial charge in [0.1, 0.15) is 0 Å². The lowest BCUT2D eigenvalue weighted by Gasteiger charge is -2.35. The van der Waals surface area contributed by atoms with Crippen LogP contribution in [-0.2, 0) is 26.6 Å². The van der Waals surface area contributed by atoms with Crippen molar-refractivity contribution >= 4 is 17.6 Å². The molecule has 9 heteroatoms. The molecule has 1 unspecified atom stereocenters. The van der Waals surface area contributed by atoms with Gasteiger partial charge in [0.05, 0.1) is 5.67 Å². The van der Waals surface area contributed by atoms with E-state index >= 15 is 0 Å². The van der Waals surface area contributed by atoms with E-state index < -0.39 is 17.6 Å². The second-order valence-corrected chi connectivity index (χ2v) is 10.6. The summed E-state index contributed by atoms with van der Waals surface area (Å²) in [4.78, 5) is 0. The van der Waals surface area contributed by atoms with E-state index in [1.807, 2.05) is 41.5 Å². The summed E-state index contributed by atoms with van der Waals surface area (Å²) in [5.74, 6) is 0. The lowest BCUT2D eigenvalue weighted by molar-refractivity contribution is 0.0573. The summed E-state index contributed by atoms with van der Waals surface area (Å²) < 4.78 is 35.3. The highest BCUT2D eigenvalue weighted by Gasteiger charge is 2.50. The number of rotatable bonds is 16. The molecule has 24 heavy (non-hydrogen) atoms. The third-order valence-electron chi connectivity index (χ3n) is 3.34. The SMILES string of the molecule is CCO[Si](CCC(N)[Si](OCC)(OCC)OCC)(OCC)OCC. The fourth-order valence-electron chi connectivity index (χ4n) is 2.56. The molecule has 0 aliphatic carbocycles. The molecule has 2 N–H and O–H groups in total. The van der Waals surface area contributed by atoms with Crippen LogP contribution in [0.1, 0.15) is 48.0 Å². The molecule has 0 aliphatic heterocycles. The minimum atomic E-state index is -2.93. The van der Waals surface area contributed by atoms with Gasteiger partial charge in [-0.05, 0) is 48.0 Å². The highest BCUT2D eigenvalue weighted by atomic mass is 28.4. The zero-order valence-electron chi connectivity index (χ0n) is 16.3. The average Bonchev–Trinajstić information content (AvgIpc) is 2.54. The Morgan fingerprint density at radius 2 is 0.958 bits per heavy atom. The van der Waals surface area contributed by atoms with Gasteiger partial charge in [-0.25, -0.2) is 0 Å². The van der Waals surface area contributed by atoms with Crippen molar-refractivity contribution in [3.8, 4) is 0 Å². The molecule has 0 aromatic heterocycles. The molecule has 0 aliphatic rings. The molecular weight excluding hydrogens is 346 g/mol. The van der Waals surface area contributed by atoms with Gasteiger partial charge in [0.2, 0.25) is 0 Å². The fourth-order valence-corrected chi connectivity index (χ4v) is 8.11. The Morgan fingerprint density at radius 3 is 1.25 bits per heavy atom. The monoisotopic (exact) mass is 383 g/mol. The van der Waals surface area contributed by atoms with Gasteiger partial charge >= 0.3 is 17.6 Å².